The molecular weight excluding hydrogens is 352 g/mol. The normalized spacial score (nSPS) is 19.8. The lowest BCUT2D eigenvalue weighted by Crippen LogP contribution is -2.52. The summed E-state index contributed by atoms with van der Waals surface area (Å²) in [6.45, 7) is 10.7. The maximum atomic E-state index is 12.4. The van der Waals surface area contributed by atoms with Crippen LogP contribution in [-0.4, -0.2) is 78.4 Å². The van der Waals surface area contributed by atoms with Crippen molar-refractivity contribution >= 4 is 11.8 Å². The van der Waals surface area contributed by atoms with Gasteiger partial charge in [-0.15, -0.1) is 0 Å². The predicted octanol–water partition coefficient (Wildman–Crippen LogP) is 1.57. The van der Waals surface area contributed by atoms with Crippen LogP contribution in [0.3, 0.4) is 0 Å². The van der Waals surface area contributed by atoms with Gasteiger partial charge in [0.2, 0.25) is 11.8 Å². The van der Waals surface area contributed by atoms with Crippen molar-refractivity contribution in [1.29, 1.82) is 0 Å². The van der Waals surface area contributed by atoms with Gasteiger partial charge in [-0.3, -0.25) is 19.4 Å². The number of likely N-dealkylation sites (tertiary alicyclic amines) is 1. The van der Waals surface area contributed by atoms with E-state index in [-0.39, 0.29) is 23.8 Å². The lowest BCUT2D eigenvalue weighted by molar-refractivity contribution is -0.135. The molecule has 0 radical (unpaired) electrons. The van der Waals surface area contributed by atoms with Crippen molar-refractivity contribution in [2.75, 3.05) is 45.8 Å². The molecule has 1 aromatic carbocycles. The van der Waals surface area contributed by atoms with Gasteiger partial charge in [-0.25, -0.2) is 0 Å². The van der Waals surface area contributed by atoms with Crippen LogP contribution >= 0.6 is 0 Å². The van der Waals surface area contributed by atoms with Gasteiger partial charge in [0.15, 0.2) is 0 Å². The number of carbonyl (C=O) groups excluding carboxylic acids is 2. The molecule has 0 saturated carbocycles. The van der Waals surface area contributed by atoms with Crippen LogP contribution in [0.15, 0.2) is 30.3 Å². The number of piperidine rings is 1. The fraction of sp³-hybridized carbons (Fsp3) is 0.636. The summed E-state index contributed by atoms with van der Waals surface area (Å²) in [6, 6.07) is 10.7. The van der Waals surface area contributed by atoms with Crippen LogP contribution in [0.5, 0.6) is 0 Å². The highest BCUT2D eigenvalue weighted by atomic mass is 16.2. The molecule has 0 aliphatic carbocycles. The van der Waals surface area contributed by atoms with Crippen LogP contribution < -0.4 is 5.32 Å². The van der Waals surface area contributed by atoms with Crippen molar-refractivity contribution in [3.63, 3.8) is 0 Å². The number of piperazine rings is 1. The minimum absolute atomic E-state index is 0.0479. The fourth-order valence-corrected chi connectivity index (χ4v) is 4.03. The zero-order chi connectivity index (χ0) is 19.9. The first-order valence-electron chi connectivity index (χ1n) is 10.6. The Morgan fingerprint density at radius 2 is 1.57 bits per heavy atom. The number of benzene rings is 1. The SMILES string of the molecule is CC(C)C(=O)N1CCC(NC(=O)CN2CCN(Cc3ccccc3)CC2)CC1. The van der Waals surface area contributed by atoms with Crippen LogP contribution in [0.4, 0.5) is 0 Å². The van der Waals surface area contributed by atoms with Gasteiger partial charge in [0.1, 0.15) is 0 Å². The molecule has 0 spiro atoms. The summed E-state index contributed by atoms with van der Waals surface area (Å²) in [5.74, 6) is 0.384. The third-order valence-corrected chi connectivity index (χ3v) is 5.75. The highest BCUT2D eigenvalue weighted by Crippen LogP contribution is 2.13. The van der Waals surface area contributed by atoms with Crippen molar-refractivity contribution in [1.82, 2.24) is 20.0 Å². The molecule has 0 atom stereocenters. The Bertz CT molecular complexity index is 633. The van der Waals surface area contributed by atoms with E-state index in [1.165, 1.54) is 5.56 Å². The standard InChI is InChI=1S/C22H34N4O2/c1-18(2)22(28)26-10-8-20(9-11-26)23-21(27)17-25-14-12-24(13-15-25)16-19-6-4-3-5-7-19/h3-7,18,20H,8-17H2,1-2H3,(H,23,27). The van der Waals surface area contributed by atoms with E-state index in [0.29, 0.717) is 6.54 Å². The Hall–Kier alpha value is -1.92. The molecule has 3 rings (SSSR count). The number of hydrogen-bond acceptors (Lipinski definition) is 4. The van der Waals surface area contributed by atoms with Gasteiger partial charge in [-0.05, 0) is 18.4 Å². The zero-order valence-electron chi connectivity index (χ0n) is 17.3. The number of carbonyl (C=O) groups is 2. The van der Waals surface area contributed by atoms with E-state index < -0.39 is 0 Å². The maximum absolute atomic E-state index is 12.4. The smallest absolute Gasteiger partial charge is 0.234 e. The van der Waals surface area contributed by atoms with Crippen molar-refractivity contribution in [2.24, 2.45) is 5.92 Å². The van der Waals surface area contributed by atoms with Crippen LogP contribution in [0.2, 0.25) is 0 Å². The van der Waals surface area contributed by atoms with E-state index in [1.54, 1.807) is 0 Å². The molecule has 2 fully saturated rings. The molecule has 6 nitrogen and oxygen atoms in total. The minimum atomic E-state index is 0.0479. The van der Waals surface area contributed by atoms with E-state index in [1.807, 2.05) is 24.8 Å². The van der Waals surface area contributed by atoms with Gasteiger partial charge in [0.25, 0.3) is 0 Å². The van der Waals surface area contributed by atoms with Crippen LogP contribution in [0, 0.1) is 5.92 Å². The van der Waals surface area contributed by atoms with Gasteiger partial charge in [0, 0.05) is 57.8 Å². The summed E-state index contributed by atoms with van der Waals surface area (Å²) in [7, 11) is 0. The largest absolute Gasteiger partial charge is 0.352 e. The topological polar surface area (TPSA) is 55.9 Å². The third-order valence-electron chi connectivity index (χ3n) is 5.75. The van der Waals surface area contributed by atoms with E-state index in [9.17, 15) is 9.59 Å². The third kappa shape index (κ3) is 6.04. The van der Waals surface area contributed by atoms with Crippen LogP contribution in [0.1, 0.15) is 32.3 Å². The molecule has 6 heteroatoms. The quantitative estimate of drug-likeness (QED) is 0.806. The molecule has 2 saturated heterocycles. The molecular formula is C22H34N4O2. The van der Waals surface area contributed by atoms with E-state index in [4.69, 9.17) is 0 Å². The Kier molecular flexibility index (Phi) is 7.45. The number of nitrogens with one attached hydrogen (secondary N) is 1. The molecule has 2 heterocycles. The van der Waals surface area contributed by atoms with Gasteiger partial charge in [-0.1, -0.05) is 44.2 Å². The van der Waals surface area contributed by atoms with Gasteiger partial charge < -0.3 is 10.2 Å². The molecule has 0 unspecified atom stereocenters. The molecule has 2 aliphatic rings. The monoisotopic (exact) mass is 386 g/mol. The van der Waals surface area contributed by atoms with E-state index in [0.717, 1.165) is 58.7 Å². The van der Waals surface area contributed by atoms with E-state index >= 15 is 0 Å². The second-order valence-electron chi connectivity index (χ2n) is 8.36. The molecule has 0 aromatic heterocycles. The molecule has 28 heavy (non-hydrogen) atoms. The summed E-state index contributed by atoms with van der Waals surface area (Å²) in [5.41, 5.74) is 1.34. The first-order chi connectivity index (χ1) is 13.5. The van der Waals surface area contributed by atoms with Crippen molar-refractivity contribution in [3.05, 3.63) is 35.9 Å². The summed E-state index contributed by atoms with van der Waals surface area (Å²) in [6.07, 6.45) is 1.71. The first kappa shape index (κ1) is 20.8. The number of hydrogen-bond donors (Lipinski definition) is 1. The summed E-state index contributed by atoms with van der Waals surface area (Å²) >= 11 is 0. The molecule has 2 aliphatic heterocycles. The minimum Gasteiger partial charge on any atom is -0.352 e. The average molecular weight is 387 g/mol. The number of nitrogens with zero attached hydrogens (tertiary/aromatic N) is 3. The Labute approximate surface area is 168 Å². The zero-order valence-corrected chi connectivity index (χ0v) is 17.3. The summed E-state index contributed by atoms with van der Waals surface area (Å²) < 4.78 is 0. The lowest BCUT2D eigenvalue weighted by atomic mass is 10.0. The highest BCUT2D eigenvalue weighted by Gasteiger charge is 2.26. The van der Waals surface area contributed by atoms with Crippen molar-refractivity contribution in [3.8, 4) is 0 Å². The van der Waals surface area contributed by atoms with Gasteiger partial charge in [0.05, 0.1) is 6.54 Å². The average Bonchev–Trinajstić information content (AvgIpc) is 2.70. The predicted molar refractivity (Wildman–Crippen MR) is 111 cm³/mol. The number of rotatable bonds is 6. The summed E-state index contributed by atoms with van der Waals surface area (Å²) in [5, 5.41) is 3.17. The van der Waals surface area contributed by atoms with Crippen molar-refractivity contribution < 1.29 is 9.59 Å². The second kappa shape index (κ2) is 10.0. The molecule has 0 bridgehead atoms. The van der Waals surface area contributed by atoms with E-state index in [2.05, 4.69) is 39.4 Å². The van der Waals surface area contributed by atoms with Crippen LogP contribution in [-0.2, 0) is 16.1 Å². The Morgan fingerprint density at radius 1 is 0.964 bits per heavy atom. The molecule has 2 amide bonds. The first-order valence-corrected chi connectivity index (χ1v) is 10.6. The Morgan fingerprint density at radius 3 is 2.18 bits per heavy atom. The van der Waals surface area contributed by atoms with Crippen molar-refractivity contribution in [2.45, 2.75) is 39.3 Å². The second-order valence-corrected chi connectivity index (χ2v) is 8.36. The van der Waals surface area contributed by atoms with Gasteiger partial charge >= 0.3 is 0 Å². The highest BCUT2D eigenvalue weighted by molar-refractivity contribution is 5.79. The fourth-order valence-electron chi connectivity index (χ4n) is 4.03. The molecule has 154 valence electrons. The lowest BCUT2D eigenvalue weighted by Gasteiger charge is -2.36. The summed E-state index contributed by atoms with van der Waals surface area (Å²) in [4.78, 5) is 31.1. The van der Waals surface area contributed by atoms with Crippen LogP contribution in [0.25, 0.3) is 0 Å². The Balaban J connectivity index is 1.33. The maximum Gasteiger partial charge on any atom is 0.234 e. The molecule has 1 aromatic rings. The van der Waals surface area contributed by atoms with Gasteiger partial charge in [-0.2, -0.15) is 0 Å². The molecule has 1 N–H and O–H groups in total. The number of amides is 2.